The molecule has 2 rings (SSSR count). The van der Waals surface area contributed by atoms with Gasteiger partial charge in [-0.1, -0.05) is 48.7 Å². The number of hydrogen-bond donors (Lipinski definition) is 0. The number of nitrogens with zero attached hydrogens (tertiary/aromatic N) is 1. The number of fused-ring (bicyclic) bond motifs is 1. The van der Waals surface area contributed by atoms with E-state index in [0.717, 1.165) is 12.5 Å². The fourth-order valence-electron chi connectivity index (χ4n) is 2.17. The smallest absolute Gasteiger partial charge is 0.0491 e. The van der Waals surface area contributed by atoms with Crippen molar-refractivity contribution in [2.45, 2.75) is 33.2 Å². The van der Waals surface area contributed by atoms with Crippen LogP contribution in [0.2, 0.25) is 0 Å². The minimum absolute atomic E-state index is 0.787. The minimum Gasteiger partial charge on any atom is -0.347 e. The second-order valence-corrected chi connectivity index (χ2v) is 5.18. The van der Waals surface area contributed by atoms with E-state index in [-0.39, 0.29) is 0 Å². The van der Waals surface area contributed by atoms with Gasteiger partial charge in [-0.3, -0.25) is 0 Å². The largest absolute Gasteiger partial charge is 0.347 e. The van der Waals surface area contributed by atoms with E-state index in [1.165, 1.54) is 28.2 Å². The summed E-state index contributed by atoms with van der Waals surface area (Å²) < 4.78 is 3.56. The Morgan fingerprint density at radius 1 is 1.19 bits per heavy atom. The average molecular weight is 280 g/mol. The lowest BCUT2D eigenvalue weighted by Gasteiger charge is -2.14. The van der Waals surface area contributed by atoms with Gasteiger partial charge >= 0.3 is 0 Å². The third kappa shape index (κ3) is 2.17. The first-order valence-corrected chi connectivity index (χ1v) is 6.78. The average Bonchev–Trinajstić information content (AvgIpc) is 2.71. The third-order valence-electron chi connectivity index (χ3n) is 3.37. The lowest BCUT2D eigenvalue weighted by molar-refractivity contribution is 0.425. The van der Waals surface area contributed by atoms with Gasteiger partial charge in [-0.15, -0.1) is 0 Å². The molecule has 0 aliphatic carbocycles. The van der Waals surface area contributed by atoms with E-state index in [1.807, 2.05) is 0 Å². The molecule has 0 aliphatic rings. The molecule has 86 valence electrons. The molecule has 0 unspecified atom stereocenters. The zero-order valence-electron chi connectivity index (χ0n) is 9.91. The number of benzene rings is 1. The van der Waals surface area contributed by atoms with Gasteiger partial charge in [0.05, 0.1) is 0 Å². The highest BCUT2D eigenvalue weighted by molar-refractivity contribution is 9.10. The topological polar surface area (TPSA) is 4.93 Å². The highest BCUT2D eigenvalue weighted by Gasteiger charge is 2.08. The van der Waals surface area contributed by atoms with E-state index in [1.54, 1.807) is 0 Å². The lowest BCUT2D eigenvalue weighted by Crippen LogP contribution is -2.07. The van der Waals surface area contributed by atoms with Crippen LogP contribution in [-0.2, 0) is 6.54 Å². The van der Waals surface area contributed by atoms with Crippen LogP contribution in [0.15, 0.2) is 34.9 Å². The maximum Gasteiger partial charge on any atom is 0.0491 e. The Morgan fingerprint density at radius 3 is 2.62 bits per heavy atom. The second-order valence-electron chi connectivity index (χ2n) is 4.32. The van der Waals surface area contributed by atoms with E-state index >= 15 is 0 Å². The Bertz CT molecular complexity index is 469. The molecule has 0 atom stereocenters. The van der Waals surface area contributed by atoms with Gasteiger partial charge in [0, 0.05) is 28.1 Å². The zero-order valence-corrected chi connectivity index (χ0v) is 11.5. The van der Waals surface area contributed by atoms with Gasteiger partial charge in [0.1, 0.15) is 0 Å². The molecule has 1 aromatic heterocycles. The summed E-state index contributed by atoms with van der Waals surface area (Å²) in [6, 6.07) is 8.60. The van der Waals surface area contributed by atoms with Gasteiger partial charge in [-0.25, -0.2) is 0 Å². The monoisotopic (exact) mass is 279 g/mol. The summed E-state index contributed by atoms with van der Waals surface area (Å²) in [4.78, 5) is 0. The SMILES string of the molecule is CCC(CC)Cn1ccc2c(Br)cccc21. The van der Waals surface area contributed by atoms with E-state index in [2.05, 4.69) is 64.8 Å². The normalized spacial score (nSPS) is 11.5. The predicted molar refractivity (Wildman–Crippen MR) is 73.7 cm³/mol. The molecular formula is C14H18BrN. The Morgan fingerprint density at radius 2 is 1.94 bits per heavy atom. The van der Waals surface area contributed by atoms with Crippen molar-refractivity contribution in [3.63, 3.8) is 0 Å². The van der Waals surface area contributed by atoms with Crippen LogP contribution in [0.1, 0.15) is 26.7 Å². The highest BCUT2D eigenvalue weighted by Crippen LogP contribution is 2.25. The standard InChI is InChI=1S/C14H18BrN/c1-3-11(4-2)10-16-9-8-12-13(15)6-5-7-14(12)16/h5-9,11H,3-4,10H2,1-2H3. The summed E-state index contributed by atoms with van der Waals surface area (Å²) in [5.74, 6) is 0.787. The van der Waals surface area contributed by atoms with Gasteiger partial charge in [0.25, 0.3) is 0 Å². The van der Waals surface area contributed by atoms with E-state index in [9.17, 15) is 0 Å². The van der Waals surface area contributed by atoms with Gasteiger partial charge in [-0.05, 0) is 24.1 Å². The van der Waals surface area contributed by atoms with Gasteiger partial charge in [-0.2, -0.15) is 0 Å². The number of aromatic nitrogens is 1. The molecule has 0 saturated carbocycles. The molecule has 0 spiro atoms. The van der Waals surface area contributed by atoms with Crippen LogP contribution in [0.25, 0.3) is 10.9 Å². The van der Waals surface area contributed by atoms with E-state index in [0.29, 0.717) is 0 Å². The molecule has 2 heteroatoms. The first kappa shape index (κ1) is 11.7. The molecule has 0 amide bonds. The van der Waals surface area contributed by atoms with Crippen LogP contribution in [0.4, 0.5) is 0 Å². The predicted octanol–water partition coefficient (Wildman–Crippen LogP) is 4.84. The Hall–Kier alpha value is -0.760. The van der Waals surface area contributed by atoms with Crippen molar-refractivity contribution in [3.05, 3.63) is 34.9 Å². The molecule has 0 radical (unpaired) electrons. The van der Waals surface area contributed by atoms with Crippen LogP contribution in [0.3, 0.4) is 0 Å². The Balaban J connectivity index is 2.35. The molecule has 2 aromatic rings. The Kier molecular flexibility index (Phi) is 3.70. The van der Waals surface area contributed by atoms with Crippen molar-refractivity contribution < 1.29 is 0 Å². The van der Waals surface area contributed by atoms with Crippen molar-refractivity contribution in [2.75, 3.05) is 0 Å². The van der Waals surface area contributed by atoms with Crippen LogP contribution in [0.5, 0.6) is 0 Å². The molecular weight excluding hydrogens is 262 g/mol. The first-order valence-electron chi connectivity index (χ1n) is 5.99. The van der Waals surface area contributed by atoms with Crippen molar-refractivity contribution in [3.8, 4) is 0 Å². The third-order valence-corrected chi connectivity index (χ3v) is 4.06. The molecule has 0 fully saturated rings. The summed E-state index contributed by atoms with van der Waals surface area (Å²) in [5.41, 5.74) is 1.33. The number of halogens is 1. The van der Waals surface area contributed by atoms with E-state index in [4.69, 9.17) is 0 Å². The van der Waals surface area contributed by atoms with Crippen LogP contribution >= 0.6 is 15.9 Å². The molecule has 1 nitrogen and oxygen atoms in total. The molecule has 0 bridgehead atoms. The van der Waals surface area contributed by atoms with Crippen molar-refractivity contribution in [1.82, 2.24) is 4.57 Å². The summed E-state index contributed by atoms with van der Waals surface area (Å²) in [7, 11) is 0. The number of hydrogen-bond acceptors (Lipinski definition) is 0. The molecule has 0 saturated heterocycles. The van der Waals surface area contributed by atoms with Gasteiger partial charge < -0.3 is 4.57 Å². The Labute approximate surface area is 106 Å². The molecule has 1 heterocycles. The second kappa shape index (κ2) is 5.05. The van der Waals surface area contributed by atoms with Crippen molar-refractivity contribution >= 4 is 26.8 Å². The number of rotatable bonds is 4. The van der Waals surface area contributed by atoms with Crippen LogP contribution in [0, 0.1) is 5.92 Å². The zero-order chi connectivity index (χ0) is 11.5. The first-order chi connectivity index (χ1) is 7.76. The van der Waals surface area contributed by atoms with Gasteiger partial charge in [0.15, 0.2) is 0 Å². The van der Waals surface area contributed by atoms with Crippen molar-refractivity contribution in [2.24, 2.45) is 5.92 Å². The summed E-state index contributed by atoms with van der Waals surface area (Å²) in [5, 5.41) is 1.31. The lowest BCUT2D eigenvalue weighted by atomic mass is 10.0. The summed E-state index contributed by atoms with van der Waals surface area (Å²) >= 11 is 3.60. The quantitative estimate of drug-likeness (QED) is 0.755. The fourth-order valence-corrected chi connectivity index (χ4v) is 2.66. The van der Waals surface area contributed by atoms with Gasteiger partial charge in [0.2, 0.25) is 0 Å². The van der Waals surface area contributed by atoms with E-state index < -0.39 is 0 Å². The summed E-state index contributed by atoms with van der Waals surface area (Å²) in [6.45, 7) is 5.68. The minimum atomic E-state index is 0.787. The maximum atomic E-state index is 3.60. The molecule has 0 N–H and O–H groups in total. The molecule has 1 aromatic carbocycles. The van der Waals surface area contributed by atoms with Crippen LogP contribution < -0.4 is 0 Å². The fraction of sp³-hybridized carbons (Fsp3) is 0.429. The highest BCUT2D eigenvalue weighted by atomic mass is 79.9. The van der Waals surface area contributed by atoms with Crippen molar-refractivity contribution in [1.29, 1.82) is 0 Å². The summed E-state index contributed by atoms with van der Waals surface area (Å²) in [6.07, 6.45) is 4.71. The maximum absolute atomic E-state index is 3.60. The van der Waals surface area contributed by atoms with Crippen LogP contribution in [-0.4, -0.2) is 4.57 Å². The molecule has 16 heavy (non-hydrogen) atoms. The molecule has 0 aliphatic heterocycles.